The zero-order valence-electron chi connectivity index (χ0n) is 20.9. The maximum absolute atomic E-state index is 14.9. The Morgan fingerprint density at radius 3 is 2.54 bits per heavy atom. The summed E-state index contributed by atoms with van der Waals surface area (Å²) in [5.41, 5.74) is -0.126. The molecule has 3 atom stereocenters. The van der Waals surface area contributed by atoms with Gasteiger partial charge >= 0.3 is 12.1 Å². The quantitative estimate of drug-likeness (QED) is 0.568. The maximum atomic E-state index is 14.9. The van der Waals surface area contributed by atoms with E-state index >= 15 is 0 Å². The van der Waals surface area contributed by atoms with Crippen molar-refractivity contribution in [3.8, 4) is 6.07 Å². The number of nitrogens with zero attached hydrogens (tertiary/aromatic N) is 3. The van der Waals surface area contributed by atoms with Crippen molar-refractivity contribution in [3.63, 3.8) is 0 Å². The van der Waals surface area contributed by atoms with Crippen molar-refractivity contribution in [1.82, 2.24) is 15.1 Å². The number of cyclic esters (lactones) is 1. The van der Waals surface area contributed by atoms with Crippen LogP contribution in [-0.4, -0.2) is 59.9 Å². The van der Waals surface area contributed by atoms with Crippen LogP contribution in [0, 0.1) is 17.1 Å². The minimum Gasteiger partial charge on any atom is -0.440 e. The van der Waals surface area contributed by atoms with Crippen LogP contribution in [0.4, 0.5) is 18.4 Å². The van der Waals surface area contributed by atoms with E-state index in [-0.39, 0.29) is 13.1 Å². The smallest absolute Gasteiger partial charge is 0.419 e. The first-order valence-corrected chi connectivity index (χ1v) is 12.8. The highest BCUT2D eigenvalue weighted by Crippen LogP contribution is 2.41. The molecule has 3 unspecified atom stereocenters. The van der Waals surface area contributed by atoms with E-state index in [4.69, 9.17) is 4.74 Å². The number of likely N-dealkylation sites (tertiary alicyclic amines) is 1. The highest BCUT2D eigenvalue weighted by molar-refractivity contribution is 7.27. The van der Waals surface area contributed by atoms with Gasteiger partial charge in [0.1, 0.15) is 23.6 Å². The van der Waals surface area contributed by atoms with Gasteiger partial charge in [0.25, 0.3) is 0 Å². The summed E-state index contributed by atoms with van der Waals surface area (Å²) >= 11 is 0. The third-order valence-electron chi connectivity index (χ3n) is 7.20. The first-order valence-electron chi connectivity index (χ1n) is 12.2. The van der Waals surface area contributed by atoms with Crippen LogP contribution < -0.4 is 10.6 Å². The fourth-order valence-corrected chi connectivity index (χ4v) is 5.49. The Kier molecular flexibility index (Phi) is 7.82. The second-order valence-corrected chi connectivity index (χ2v) is 10.8. The zero-order valence-corrected chi connectivity index (χ0v) is 22.1. The fourth-order valence-electron chi connectivity index (χ4n) is 5.20. The van der Waals surface area contributed by atoms with Crippen molar-refractivity contribution in [1.29, 1.82) is 5.26 Å². The number of carbonyl (C=O) groups excluding carboxylic acids is 2. The number of halogens is 2. The molecule has 4 rings (SSSR count). The molecule has 2 fully saturated rings. The summed E-state index contributed by atoms with van der Waals surface area (Å²) in [5.74, 6) is -0.429. The summed E-state index contributed by atoms with van der Waals surface area (Å²) in [4.78, 5) is 28.4. The second-order valence-electron chi connectivity index (χ2n) is 10.2. The van der Waals surface area contributed by atoms with Gasteiger partial charge in [-0.15, -0.1) is 9.24 Å². The molecule has 196 valence electrons. The molecule has 0 bridgehead atoms. The molecule has 37 heavy (non-hydrogen) atoms. The predicted octanol–water partition coefficient (Wildman–Crippen LogP) is 4.20. The average Bonchev–Trinajstić information content (AvgIpc) is 3.13. The molecule has 1 N–H and O–H groups in total. The Hall–Kier alpha value is -3.08. The average molecular weight is 529 g/mol. The van der Waals surface area contributed by atoms with Crippen molar-refractivity contribution in [2.24, 2.45) is 0 Å². The Bertz CT molecular complexity index is 1200. The molecule has 0 aliphatic carbocycles. The van der Waals surface area contributed by atoms with E-state index in [1.807, 2.05) is 35.2 Å². The van der Waals surface area contributed by atoms with Crippen LogP contribution in [0.5, 0.6) is 0 Å². The van der Waals surface area contributed by atoms with Gasteiger partial charge in [0.05, 0.1) is 18.0 Å². The molecule has 10 heteroatoms. The first-order chi connectivity index (χ1) is 17.6. The maximum Gasteiger partial charge on any atom is 0.419 e. The van der Waals surface area contributed by atoms with E-state index in [0.717, 1.165) is 10.5 Å². The molecule has 0 radical (unpaired) electrons. The standard InChI is InChI=1S/C27H31F2N4O3P/c1-26(2)23(18-8-9-21(29)22(37)14-18)33(25(35)36-26)24(34)31-15-20(28)16-32-12-10-27(17-30,11-13-32)19-6-4-3-5-7-19/h3-9,14,20,23H,10-13,15-16,37H2,1-2H3,(H,31,34). The number of piperidine rings is 1. The number of imide groups is 1. The molecule has 3 amide bonds. The number of carbonyl (C=O) groups is 2. The lowest BCUT2D eigenvalue weighted by Gasteiger charge is -2.38. The van der Waals surface area contributed by atoms with Crippen LogP contribution in [0.25, 0.3) is 0 Å². The number of urea groups is 1. The third kappa shape index (κ3) is 5.61. The Morgan fingerprint density at radius 1 is 1.24 bits per heavy atom. The molecular formula is C27H31F2N4O3P. The Balaban J connectivity index is 1.35. The van der Waals surface area contributed by atoms with E-state index < -0.39 is 41.2 Å². The van der Waals surface area contributed by atoms with Gasteiger partial charge in [-0.3, -0.25) is 0 Å². The number of nitrogens with one attached hydrogen (secondary N) is 1. The Morgan fingerprint density at radius 2 is 1.92 bits per heavy atom. The van der Waals surface area contributed by atoms with E-state index in [0.29, 0.717) is 36.8 Å². The van der Waals surface area contributed by atoms with Crippen LogP contribution >= 0.6 is 9.24 Å². The monoisotopic (exact) mass is 528 g/mol. The lowest BCUT2D eigenvalue weighted by Crippen LogP contribution is -2.48. The van der Waals surface area contributed by atoms with E-state index in [1.54, 1.807) is 19.9 Å². The summed E-state index contributed by atoms with van der Waals surface area (Å²) in [7, 11) is 2.28. The third-order valence-corrected chi connectivity index (χ3v) is 7.64. The predicted molar refractivity (Wildman–Crippen MR) is 139 cm³/mol. The summed E-state index contributed by atoms with van der Waals surface area (Å²) in [6.07, 6.45) is -1.02. The molecule has 2 aliphatic heterocycles. The van der Waals surface area contributed by atoms with E-state index in [9.17, 15) is 23.6 Å². The molecule has 2 aromatic rings. The molecule has 0 aromatic heterocycles. The van der Waals surface area contributed by atoms with E-state index in [2.05, 4.69) is 20.6 Å². The molecule has 2 aromatic carbocycles. The van der Waals surface area contributed by atoms with Crippen LogP contribution in [0.15, 0.2) is 48.5 Å². The van der Waals surface area contributed by atoms with E-state index in [1.165, 1.54) is 12.1 Å². The number of hydrogen-bond donors (Lipinski definition) is 1. The van der Waals surface area contributed by atoms with Crippen molar-refractivity contribution < 1.29 is 23.1 Å². The first kappa shape index (κ1) is 27.0. The number of alkyl halides is 1. The molecular weight excluding hydrogens is 497 g/mol. The number of amides is 3. The van der Waals surface area contributed by atoms with Gasteiger partial charge in [0.15, 0.2) is 0 Å². The normalized spacial score (nSPS) is 21.7. The lowest BCUT2D eigenvalue weighted by molar-refractivity contribution is 0.0677. The topological polar surface area (TPSA) is 85.7 Å². The minimum atomic E-state index is -1.37. The Labute approximate surface area is 218 Å². The highest BCUT2D eigenvalue weighted by Gasteiger charge is 2.51. The molecule has 2 heterocycles. The zero-order chi connectivity index (χ0) is 26.8. The lowest BCUT2D eigenvalue weighted by atomic mass is 9.74. The van der Waals surface area contributed by atoms with Gasteiger partial charge in [-0.2, -0.15) is 5.26 Å². The number of rotatable bonds is 6. The van der Waals surface area contributed by atoms with Gasteiger partial charge < -0.3 is 15.0 Å². The van der Waals surface area contributed by atoms with Crippen molar-refractivity contribution in [2.45, 2.75) is 49.9 Å². The van der Waals surface area contributed by atoms with Gasteiger partial charge in [-0.25, -0.2) is 23.3 Å². The molecule has 7 nitrogen and oxygen atoms in total. The van der Waals surface area contributed by atoms with Crippen LogP contribution in [0.3, 0.4) is 0 Å². The highest BCUT2D eigenvalue weighted by atomic mass is 31.0. The number of ether oxygens (including phenoxy) is 1. The minimum absolute atomic E-state index is 0.102. The van der Waals surface area contributed by atoms with Crippen molar-refractivity contribution >= 4 is 26.7 Å². The van der Waals surface area contributed by atoms with Gasteiger partial charge in [0, 0.05) is 24.9 Å². The van der Waals surface area contributed by atoms with Gasteiger partial charge in [-0.05, 0) is 49.9 Å². The van der Waals surface area contributed by atoms with Crippen molar-refractivity contribution in [3.05, 3.63) is 65.5 Å². The molecule has 2 saturated heterocycles. The summed E-state index contributed by atoms with van der Waals surface area (Å²) < 4.78 is 34.1. The summed E-state index contributed by atoms with van der Waals surface area (Å²) in [6.45, 7) is 4.28. The number of benzene rings is 2. The molecule has 0 saturated carbocycles. The molecule has 2 aliphatic rings. The van der Waals surface area contributed by atoms with Crippen LogP contribution in [-0.2, 0) is 10.2 Å². The largest absolute Gasteiger partial charge is 0.440 e. The number of nitriles is 1. The van der Waals surface area contributed by atoms with Crippen molar-refractivity contribution in [2.75, 3.05) is 26.2 Å². The number of hydrogen-bond acceptors (Lipinski definition) is 5. The van der Waals surface area contributed by atoms with Crippen LogP contribution in [0.2, 0.25) is 0 Å². The van der Waals surface area contributed by atoms with Crippen LogP contribution in [0.1, 0.15) is 43.9 Å². The van der Waals surface area contributed by atoms with Gasteiger partial charge in [-0.1, -0.05) is 36.4 Å². The summed E-state index contributed by atoms with van der Waals surface area (Å²) in [6, 6.07) is 14.8. The second kappa shape index (κ2) is 10.7. The van der Waals surface area contributed by atoms with Gasteiger partial charge in [0.2, 0.25) is 0 Å². The SMILES string of the molecule is CC1(C)OC(=O)N(C(=O)NCC(F)CN2CCC(C#N)(c3ccccc3)CC2)C1c1ccc(F)c(P)c1. The summed E-state index contributed by atoms with van der Waals surface area (Å²) in [5, 5.41) is 12.7. The molecule has 0 spiro atoms. The fraction of sp³-hybridized carbons (Fsp3) is 0.444.